The minimum atomic E-state index is -4.97. The summed E-state index contributed by atoms with van der Waals surface area (Å²) in [7, 11) is 0. The van der Waals surface area contributed by atoms with Gasteiger partial charge in [0, 0.05) is 12.1 Å². The SMILES string of the molecule is O=C1c2ccc([N+](=O)[O-])cc2C(=O)N1c1cc(-c2ccccc2)cc(C(F)(F)F)c1O. The number of carbonyl (C=O) groups is 2. The van der Waals surface area contributed by atoms with E-state index in [9.17, 15) is 38.0 Å². The maximum Gasteiger partial charge on any atom is 0.420 e. The molecule has 0 saturated heterocycles. The molecule has 4 rings (SSSR count). The van der Waals surface area contributed by atoms with Crippen molar-refractivity contribution < 1.29 is 32.8 Å². The molecule has 0 spiro atoms. The maximum atomic E-state index is 13.6. The van der Waals surface area contributed by atoms with Gasteiger partial charge in [-0.1, -0.05) is 30.3 Å². The molecule has 1 aliphatic rings. The van der Waals surface area contributed by atoms with Crippen molar-refractivity contribution in [3.05, 3.63) is 87.5 Å². The number of benzene rings is 3. The molecule has 2 amide bonds. The van der Waals surface area contributed by atoms with Gasteiger partial charge in [0.1, 0.15) is 5.56 Å². The Labute approximate surface area is 172 Å². The summed E-state index contributed by atoms with van der Waals surface area (Å²) >= 11 is 0. The topological polar surface area (TPSA) is 101 Å². The van der Waals surface area contributed by atoms with Gasteiger partial charge in [0.05, 0.1) is 21.7 Å². The van der Waals surface area contributed by atoms with Crippen LogP contribution in [0.1, 0.15) is 26.3 Å². The van der Waals surface area contributed by atoms with Crippen LogP contribution < -0.4 is 4.90 Å². The average molecular weight is 428 g/mol. The fourth-order valence-corrected chi connectivity index (χ4v) is 3.36. The summed E-state index contributed by atoms with van der Waals surface area (Å²) in [6, 6.07) is 12.7. The number of nitro benzene ring substituents is 1. The van der Waals surface area contributed by atoms with E-state index in [1.54, 1.807) is 18.2 Å². The number of nitrogens with zero attached hydrogens (tertiary/aromatic N) is 2. The van der Waals surface area contributed by atoms with Crippen molar-refractivity contribution in [1.82, 2.24) is 0 Å². The third-order valence-corrected chi connectivity index (χ3v) is 4.82. The summed E-state index contributed by atoms with van der Waals surface area (Å²) in [4.78, 5) is 36.2. The number of alkyl halides is 3. The van der Waals surface area contributed by atoms with Crippen LogP contribution in [0.3, 0.4) is 0 Å². The number of non-ortho nitro benzene ring substituents is 1. The summed E-state index contributed by atoms with van der Waals surface area (Å²) in [6.45, 7) is 0. The molecule has 1 heterocycles. The lowest BCUT2D eigenvalue weighted by atomic mass is 10.00. The number of amides is 2. The van der Waals surface area contributed by atoms with E-state index in [-0.39, 0.29) is 16.7 Å². The number of carbonyl (C=O) groups excluding carboxylic acids is 2. The van der Waals surface area contributed by atoms with Crippen LogP contribution in [0.25, 0.3) is 11.1 Å². The zero-order valence-corrected chi connectivity index (χ0v) is 15.4. The molecule has 0 atom stereocenters. The molecule has 0 aromatic heterocycles. The summed E-state index contributed by atoms with van der Waals surface area (Å²) in [5, 5.41) is 21.3. The van der Waals surface area contributed by atoms with E-state index in [1.165, 1.54) is 12.1 Å². The first kappa shape index (κ1) is 20.1. The smallest absolute Gasteiger partial charge is 0.420 e. The molecular weight excluding hydrogens is 417 g/mol. The Morgan fingerprint density at radius 3 is 2.13 bits per heavy atom. The van der Waals surface area contributed by atoms with Crippen LogP contribution in [0, 0.1) is 10.1 Å². The Morgan fingerprint density at radius 2 is 1.52 bits per heavy atom. The number of rotatable bonds is 3. The molecule has 1 N–H and O–H groups in total. The first-order valence-corrected chi connectivity index (χ1v) is 8.76. The summed E-state index contributed by atoms with van der Waals surface area (Å²) in [6.07, 6.45) is -4.97. The van der Waals surface area contributed by atoms with Gasteiger partial charge in [0.15, 0.2) is 5.75 Å². The number of fused-ring (bicyclic) bond motifs is 1. The zero-order chi connectivity index (χ0) is 22.5. The Balaban J connectivity index is 1.92. The van der Waals surface area contributed by atoms with Crippen LogP contribution in [-0.2, 0) is 6.18 Å². The van der Waals surface area contributed by atoms with E-state index in [0.717, 1.165) is 30.3 Å². The lowest BCUT2D eigenvalue weighted by Gasteiger charge is -2.20. The van der Waals surface area contributed by atoms with Gasteiger partial charge in [-0.2, -0.15) is 13.2 Å². The molecule has 0 radical (unpaired) electrons. The van der Waals surface area contributed by atoms with E-state index in [4.69, 9.17) is 0 Å². The number of nitro groups is 1. The molecule has 10 heteroatoms. The largest absolute Gasteiger partial charge is 0.505 e. The van der Waals surface area contributed by atoms with Gasteiger partial charge in [0.25, 0.3) is 17.5 Å². The van der Waals surface area contributed by atoms with Crippen molar-refractivity contribution >= 4 is 23.2 Å². The van der Waals surface area contributed by atoms with Gasteiger partial charge in [-0.3, -0.25) is 19.7 Å². The molecule has 1 aliphatic heterocycles. The average Bonchev–Trinajstić information content (AvgIpc) is 2.98. The van der Waals surface area contributed by atoms with Gasteiger partial charge < -0.3 is 5.11 Å². The van der Waals surface area contributed by atoms with E-state index in [0.29, 0.717) is 10.5 Å². The quantitative estimate of drug-likeness (QED) is 0.367. The Bertz CT molecular complexity index is 1260. The molecule has 31 heavy (non-hydrogen) atoms. The second-order valence-electron chi connectivity index (χ2n) is 6.69. The number of phenolic OH excluding ortho intramolecular Hbond substituents is 1. The molecule has 3 aromatic rings. The van der Waals surface area contributed by atoms with Crippen LogP contribution in [0.5, 0.6) is 5.75 Å². The van der Waals surface area contributed by atoms with Crippen LogP contribution in [0.4, 0.5) is 24.5 Å². The van der Waals surface area contributed by atoms with Crippen molar-refractivity contribution in [1.29, 1.82) is 0 Å². The highest BCUT2D eigenvalue weighted by molar-refractivity contribution is 6.35. The molecule has 0 saturated carbocycles. The third kappa shape index (κ3) is 3.27. The van der Waals surface area contributed by atoms with E-state index in [1.807, 2.05) is 0 Å². The Hall–Kier alpha value is -4.21. The number of aromatic hydroxyl groups is 1. The number of hydrogen-bond donors (Lipinski definition) is 1. The van der Waals surface area contributed by atoms with Crippen LogP contribution >= 0.6 is 0 Å². The van der Waals surface area contributed by atoms with E-state index < -0.39 is 45.6 Å². The molecule has 0 unspecified atom stereocenters. The Kier molecular flexibility index (Phi) is 4.49. The fourth-order valence-electron chi connectivity index (χ4n) is 3.36. The van der Waals surface area contributed by atoms with Crippen molar-refractivity contribution in [2.45, 2.75) is 6.18 Å². The predicted octanol–water partition coefficient (Wildman–Crippen LogP) is 4.79. The highest BCUT2D eigenvalue weighted by Crippen LogP contribution is 2.46. The highest BCUT2D eigenvalue weighted by Gasteiger charge is 2.42. The molecule has 156 valence electrons. The van der Waals surface area contributed by atoms with Crippen molar-refractivity contribution in [3.8, 4) is 16.9 Å². The predicted molar refractivity (Wildman–Crippen MR) is 103 cm³/mol. The van der Waals surface area contributed by atoms with Gasteiger partial charge in [-0.15, -0.1) is 0 Å². The minimum absolute atomic E-state index is 0.0169. The number of phenols is 1. The normalized spacial score (nSPS) is 13.5. The first-order chi connectivity index (χ1) is 14.6. The van der Waals surface area contributed by atoms with Gasteiger partial charge in [-0.05, 0) is 29.3 Å². The highest BCUT2D eigenvalue weighted by atomic mass is 19.4. The van der Waals surface area contributed by atoms with Crippen LogP contribution in [0.15, 0.2) is 60.7 Å². The first-order valence-electron chi connectivity index (χ1n) is 8.76. The molecule has 0 fully saturated rings. The standard InChI is InChI=1S/C21H11F3N2O5/c22-21(23,24)16-8-12(11-4-2-1-3-5-11)9-17(18(16)27)25-19(28)14-7-6-13(26(30)31)10-15(14)20(25)29/h1-10,27H. The lowest BCUT2D eigenvalue weighted by Crippen LogP contribution is -2.30. The number of halogens is 3. The molecular formula is C21H11F3N2O5. The van der Waals surface area contributed by atoms with Crippen LogP contribution in [0.2, 0.25) is 0 Å². The fraction of sp³-hybridized carbons (Fsp3) is 0.0476. The summed E-state index contributed by atoms with van der Waals surface area (Å²) in [5.41, 5.74) is -2.72. The van der Waals surface area contributed by atoms with Gasteiger partial charge in [0.2, 0.25) is 0 Å². The second kappa shape index (κ2) is 6.94. The van der Waals surface area contributed by atoms with Gasteiger partial charge in [-0.25, -0.2) is 4.90 Å². The van der Waals surface area contributed by atoms with Crippen LogP contribution in [-0.4, -0.2) is 21.8 Å². The summed E-state index contributed by atoms with van der Waals surface area (Å²) in [5.74, 6) is -3.36. The molecule has 3 aromatic carbocycles. The number of anilines is 1. The van der Waals surface area contributed by atoms with Crippen molar-refractivity contribution in [3.63, 3.8) is 0 Å². The van der Waals surface area contributed by atoms with Crippen molar-refractivity contribution in [2.24, 2.45) is 0 Å². The van der Waals surface area contributed by atoms with Crippen molar-refractivity contribution in [2.75, 3.05) is 4.90 Å². The Morgan fingerprint density at radius 1 is 0.871 bits per heavy atom. The zero-order valence-electron chi connectivity index (χ0n) is 15.4. The van der Waals surface area contributed by atoms with E-state index >= 15 is 0 Å². The monoisotopic (exact) mass is 428 g/mol. The van der Waals surface area contributed by atoms with Gasteiger partial charge >= 0.3 is 6.18 Å². The summed E-state index contributed by atoms with van der Waals surface area (Å²) < 4.78 is 40.8. The molecule has 0 aliphatic carbocycles. The third-order valence-electron chi connectivity index (χ3n) is 4.82. The number of imide groups is 1. The lowest BCUT2D eigenvalue weighted by molar-refractivity contribution is -0.384. The number of hydrogen-bond acceptors (Lipinski definition) is 5. The molecule has 7 nitrogen and oxygen atoms in total. The maximum absolute atomic E-state index is 13.6. The molecule has 0 bridgehead atoms. The minimum Gasteiger partial charge on any atom is -0.505 e. The second-order valence-corrected chi connectivity index (χ2v) is 6.69. The van der Waals surface area contributed by atoms with E-state index in [2.05, 4.69) is 0 Å².